The Morgan fingerprint density at radius 2 is 1.76 bits per heavy atom. The number of thioether (sulfide) groups is 1. The van der Waals surface area contributed by atoms with Crippen LogP contribution in [0.4, 0.5) is 0 Å². The molecular formula is C12H24N2O2S. The van der Waals surface area contributed by atoms with Crippen LogP contribution < -0.4 is 0 Å². The lowest BCUT2D eigenvalue weighted by Crippen LogP contribution is -2.23. The van der Waals surface area contributed by atoms with Crippen molar-refractivity contribution in [3.8, 4) is 0 Å². The quantitative estimate of drug-likeness (QED) is 0.738. The highest BCUT2D eigenvalue weighted by atomic mass is 32.2. The second kappa shape index (κ2) is 6.38. The minimum absolute atomic E-state index is 0.0619. The highest BCUT2D eigenvalue weighted by Crippen LogP contribution is 2.34. The molecule has 0 aromatic heterocycles. The maximum atomic E-state index is 10.6. The van der Waals surface area contributed by atoms with Gasteiger partial charge in [0.15, 0.2) is 0 Å². The number of carbonyl (C=O) groups is 1. The normalized spacial score (nSPS) is 16.4. The summed E-state index contributed by atoms with van der Waals surface area (Å²) in [6.07, 6.45) is 0.824. The van der Waals surface area contributed by atoms with Gasteiger partial charge in [-0.15, -0.1) is 11.8 Å². The molecule has 1 unspecified atom stereocenters. The number of carboxylic acid groups (broad SMARTS) is 1. The molecule has 0 heterocycles. The third-order valence-corrected chi connectivity index (χ3v) is 3.12. The van der Waals surface area contributed by atoms with E-state index in [-0.39, 0.29) is 11.3 Å². The lowest BCUT2D eigenvalue weighted by atomic mass is 10.1. The Labute approximate surface area is 108 Å². The van der Waals surface area contributed by atoms with Gasteiger partial charge in [0.05, 0.1) is 11.3 Å². The Bertz CT molecular complexity index is 285. The molecule has 1 N–H and O–H groups in total. The summed E-state index contributed by atoms with van der Waals surface area (Å²) >= 11 is 1.34. The molecule has 0 fully saturated rings. The van der Waals surface area contributed by atoms with Gasteiger partial charge in [0, 0.05) is 0 Å². The van der Waals surface area contributed by atoms with E-state index in [4.69, 9.17) is 5.11 Å². The zero-order chi connectivity index (χ0) is 13.7. The van der Waals surface area contributed by atoms with Gasteiger partial charge in [-0.2, -0.15) is 10.2 Å². The number of carboxylic acids is 1. The molecule has 0 aliphatic carbocycles. The van der Waals surface area contributed by atoms with E-state index in [0.717, 1.165) is 6.42 Å². The molecule has 1 atom stereocenters. The summed E-state index contributed by atoms with van der Waals surface area (Å²) < 4.78 is 0. The Morgan fingerprint density at radius 1 is 1.24 bits per heavy atom. The lowest BCUT2D eigenvalue weighted by Gasteiger charge is -2.26. The highest BCUT2D eigenvalue weighted by molar-refractivity contribution is 8.01. The number of aliphatic carboxylic acids is 1. The van der Waals surface area contributed by atoms with E-state index in [2.05, 4.69) is 24.1 Å². The second-order valence-corrected chi connectivity index (χ2v) is 7.28. The fourth-order valence-corrected chi connectivity index (χ4v) is 2.34. The number of nitrogens with zero attached hydrogens (tertiary/aromatic N) is 2. The maximum absolute atomic E-state index is 10.6. The molecular weight excluding hydrogens is 236 g/mol. The Balaban J connectivity index is 4.71. The summed E-state index contributed by atoms with van der Waals surface area (Å²) in [4.78, 5) is 10.2. The zero-order valence-corrected chi connectivity index (χ0v) is 12.5. The van der Waals surface area contributed by atoms with Crippen molar-refractivity contribution in [2.75, 3.05) is 5.75 Å². The SMILES string of the molecule is CC(C)CC(C)(N=NC(C)(C)C)SCC(=O)O. The van der Waals surface area contributed by atoms with Crippen LogP contribution >= 0.6 is 11.8 Å². The molecule has 0 spiro atoms. The first-order valence-corrected chi connectivity index (χ1v) is 6.82. The van der Waals surface area contributed by atoms with Crippen LogP contribution in [0.2, 0.25) is 0 Å². The minimum Gasteiger partial charge on any atom is -0.481 e. The number of azo groups is 1. The van der Waals surface area contributed by atoms with Gasteiger partial charge in [-0.05, 0) is 40.0 Å². The van der Waals surface area contributed by atoms with Crippen molar-refractivity contribution in [1.29, 1.82) is 0 Å². The van der Waals surface area contributed by atoms with Gasteiger partial charge in [-0.25, -0.2) is 0 Å². The molecule has 0 aliphatic heterocycles. The van der Waals surface area contributed by atoms with Gasteiger partial charge in [0.25, 0.3) is 0 Å². The van der Waals surface area contributed by atoms with E-state index in [0.29, 0.717) is 5.92 Å². The molecule has 17 heavy (non-hydrogen) atoms. The molecule has 0 aromatic carbocycles. The van der Waals surface area contributed by atoms with Crippen molar-refractivity contribution >= 4 is 17.7 Å². The molecule has 0 radical (unpaired) electrons. The molecule has 0 aliphatic rings. The molecule has 0 rings (SSSR count). The number of hydrogen-bond acceptors (Lipinski definition) is 4. The predicted octanol–water partition coefficient (Wildman–Crippen LogP) is 3.82. The summed E-state index contributed by atoms with van der Waals surface area (Å²) in [5.74, 6) is -0.289. The van der Waals surface area contributed by atoms with Crippen LogP contribution in [-0.4, -0.2) is 27.2 Å². The van der Waals surface area contributed by atoms with Crippen molar-refractivity contribution in [3.05, 3.63) is 0 Å². The minimum atomic E-state index is -0.809. The van der Waals surface area contributed by atoms with Crippen LogP contribution in [0.3, 0.4) is 0 Å². The van der Waals surface area contributed by atoms with Crippen molar-refractivity contribution in [1.82, 2.24) is 0 Å². The van der Waals surface area contributed by atoms with Gasteiger partial charge in [-0.1, -0.05) is 13.8 Å². The molecule has 4 nitrogen and oxygen atoms in total. The molecule has 0 amide bonds. The predicted molar refractivity (Wildman–Crippen MR) is 72.6 cm³/mol. The fraction of sp³-hybridized carbons (Fsp3) is 0.917. The molecule has 100 valence electrons. The van der Waals surface area contributed by atoms with Gasteiger partial charge in [0.1, 0.15) is 4.87 Å². The smallest absolute Gasteiger partial charge is 0.313 e. The second-order valence-electron chi connectivity index (χ2n) is 5.83. The molecule has 0 aromatic rings. The highest BCUT2D eigenvalue weighted by Gasteiger charge is 2.27. The Hall–Kier alpha value is -0.580. The first-order valence-electron chi connectivity index (χ1n) is 5.84. The molecule has 0 saturated carbocycles. The van der Waals surface area contributed by atoms with Crippen molar-refractivity contribution in [3.63, 3.8) is 0 Å². The van der Waals surface area contributed by atoms with E-state index in [1.165, 1.54) is 11.8 Å². The van der Waals surface area contributed by atoms with Gasteiger partial charge >= 0.3 is 5.97 Å². The van der Waals surface area contributed by atoms with Crippen LogP contribution in [0.15, 0.2) is 10.2 Å². The van der Waals surface area contributed by atoms with E-state index in [9.17, 15) is 4.79 Å². The van der Waals surface area contributed by atoms with Crippen LogP contribution in [0, 0.1) is 5.92 Å². The molecule has 0 bridgehead atoms. The first kappa shape index (κ1) is 16.4. The van der Waals surface area contributed by atoms with Crippen molar-refractivity contribution in [2.45, 2.75) is 58.4 Å². The Kier molecular flexibility index (Phi) is 6.16. The van der Waals surface area contributed by atoms with Gasteiger partial charge in [-0.3, -0.25) is 4.79 Å². The van der Waals surface area contributed by atoms with Crippen LogP contribution in [0.1, 0.15) is 48.0 Å². The third-order valence-electron chi connectivity index (χ3n) is 1.86. The summed E-state index contributed by atoms with van der Waals surface area (Å²) in [5, 5.41) is 17.4. The zero-order valence-electron chi connectivity index (χ0n) is 11.6. The summed E-state index contributed by atoms with van der Waals surface area (Å²) in [7, 11) is 0. The topological polar surface area (TPSA) is 62.0 Å². The van der Waals surface area contributed by atoms with E-state index < -0.39 is 10.8 Å². The first-order chi connectivity index (χ1) is 7.54. The molecule has 5 heteroatoms. The average molecular weight is 260 g/mol. The fourth-order valence-electron chi connectivity index (χ4n) is 1.36. The van der Waals surface area contributed by atoms with E-state index in [1.807, 2.05) is 27.7 Å². The van der Waals surface area contributed by atoms with Gasteiger partial charge in [0.2, 0.25) is 0 Å². The summed E-state index contributed by atoms with van der Waals surface area (Å²) in [5.41, 5.74) is -0.220. The number of hydrogen-bond donors (Lipinski definition) is 1. The Morgan fingerprint density at radius 3 is 2.12 bits per heavy atom. The largest absolute Gasteiger partial charge is 0.481 e. The monoisotopic (exact) mass is 260 g/mol. The number of rotatable bonds is 6. The van der Waals surface area contributed by atoms with E-state index in [1.54, 1.807) is 0 Å². The molecule has 0 saturated heterocycles. The van der Waals surface area contributed by atoms with Gasteiger partial charge < -0.3 is 5.11 Å². The van der Waals surface area contributed by atoms with Crippen LogP contribution in [0.25, 0.3) is 0 Å². The summed E-state index contributed by atoms with van der Waals surface area (Å²) in [6, 6.07) is 0. The van der Waals surface area contributed by atoms with Crippen molar-refractivity contribution < 1.29 is 9.90 Å². The third kappa shape index (κ3) is 9.15. The van der Waals surface area contributed by atoms with Crippen LogP contribution in [0.5, 0.6) is 0 Å². The standard InChI is InChI=1S/C12H24N2O2S/c1-9(2)7-12(6,17-8-10(15)16)14-13-11(3,4)5/h9H,7-8H2,1-6H3,(H,15,16). The maximum Gasteiger partial charge on any atom is 0.313 e. The van der Waals surface area contributed by atoms with Crippen LogP contribution in [-0.2, 0) is 4.79 Å². The van der Waals surface area contributed by atoms with E-state index >= 15 is 0 Å². The average Bonchev–Trinajstić information content (AvgIpc) is 2.10. The lowest BCUT2D eigenvalue weighted by molar-refractivity contribution is -0.133. The summed E-state index contributed by atoms with van der Waals surface area (Å²) in [6.45, 7) is 12.1. The van der Waals surface area contributed by atoms with Crippen molar-refractivity contribution in [2.24, 2.45) is 16.1 Å².